The maximum atomic E-state index is 5.99. The van der Waals surface area contributed by atoms with Gasteiger partial charge >= 0.3 is 0 Å². The smallest absolute Gasteiger partial charge is 0.119 e. The van der Waals surface area contributed by atoms with Gasteiger partial charge < -0.3 is 14.8 Å². The zero-order valence-corrected chi connectivity index (χ0v) is 14.1. The number of rotatable bonds is 6. The molecular formula is C16H24BrNO2. The minimum atomic E-state index is 0.220. The van der Waals surface area contributed by atoms with Crippen LogP contribution in [0.15, 0.2) is 22.7 Å². The van der Waals surface area contributed by atoms with Gasteiger partial charge in [0.1, 0.15) is 12.4 Å². The molecule has 2 unspecified atom stereocenters. The van der Waals surface area contributed by atoms with Crippen LogP contribution in [-0.2, 0) is 4.74 Å². The van der Waals surface area contributed by atoms with Crippen LogP contribution in [0.4, 0.5) is 0 Å². The first-order valence-corrected chi connectivity index (χ1v) is 8.11. The molecule has 1 aliphatic heterocycles. The summed E-state index contributed by atoms with van der Waals surface area (Å²) in [6.45, 7) is 7.96. The largest absolute Gasteiger partial charge is 0.491 e. The second-order valence-corrected chi connectivity index (χ2v) is 6.60. The van der Waals surface area contributed by atoms with Crippen molar-refractivity contribution in [1.29, 1.82) is 0 Å². The lowest BCUT2D eigenvalue weighted by Crippen LogP contribution is -2.32. The predicted octanol–water partition coefficient (Wildman–Crippen LogP) is 3.68. The van der Waals surface area contributed by atoms with Gasteiger partial charge in [-0.2, -0.15) is 0 Å². The Hall–Kier alpha value is -0.580. The van der Waals surface area contributed by atoms with Crippen LogP contribution in [0, 0.1) is 6.92 Å². The molecule has 1 saturated heterocycles. The van der Waals surface area contributed by atoms with E-state index in [1.54, 1.807) is 0 Å². The Bertz CT molecular complexity index is 436. The summed E-state index contributed by atoms with van der Waals surface area (Å²) in [5, 5.41) is 3.42. The van der Waals surface area contributed by atoms with Gasteiger partial charge in [-0.1, -0.05) is 29.8 Å². The molecule has 0 radical (unpaired) electrons. The Kier molecular flexibility index (Phi) is 5.87. The fourth-order valence-electron chi connectivity index (χ4n) is 2.32. The fraction of sp³-hybridized carbons (Fsp3) is 0.625. The molecule has 1 N–H and O–H groups in total. The molecule has 1 aromatic carbocycles. The van der Waals surface area contributed by atoms with E-state index in [1.165, 1.54) is 5.56 Å². The maximum Gasteiger partial charge on any atom is 0.119 e. The predicted molar refractivity (Wildman–Crippen MR) is 85.4 cm³/mol. The molecule has 2 atom stereocenters. The highest BCUT2D eigenvalue weighted by Crippen LogP contribution is 2.24. The monoisotopic (exact) mass is 341 g/mol. The van der Waals surface area contributed by atoms with Crippen LogP contribution in [0.5, 0.6) is 5.75 Å². The zero-order valence-electron chi connectivity index (χ0n) is 12.5. The normalized spacial score (nSPS) is 22.4. The standard InChI is InChI=1S/C16H24BrNO2/c1-11(2)18-9-14-4-5-15(20-14)10-19-13-6-7-16(17)12(3)8-13/h6-8,11,14-15,18H,4-5,9-10H2,1-3H3. The second-order valence-electron chi connectivity index (χ2n) is 5.74. The van der Waals surface area contributed by atoms with Crippen molar-refractivity contribution >= 4 is 15.9 Å². The highest BCUT2D eigenvalue weighted by Gasteiger charge is 2.25. The Morgan fingerprint density at radius 3 is 2.80 bits per heavy atom. The van der Waals surface area contributed by atoms with Gasteiger partial charge in [-0.05, 0) is 43.5 Å². The lowest BCUT2D eigenvalue weighted by Gasteiger charge is -2.16. The summed E-state index contributed by atoms with van der Waals surface area (Å²) in [5.41, 5.74) is 1.19. The Labute approximate surface area is 130 Å². The molecule has 4 heteroatoms. The van der Waals surface area contributed by atoms with Crippen molar-refractivity contribution in [2.24, 2.45) is 0 Å². The number of hydrogen-bond acceptors (Lipinski definition) is 3. The Morgan fingerprint density at radius 1 is 1.35 bits per heavy atom. The summed E-state index contributed by atoms with van der Waals surface area (Å²) in [6, 6.07) is 6.58. The van der Waals surface area contributed by atoms with Crippen molar-refractivity contribution in [2.75, 3.05) is 13.2 Å². The van der Waals surface area contributed by atoms with Crippen LogP contribution >= 0.6 is 15.9 Å². The minimum absolute atomic E-state index is 0.220. The zero-order chi connectivity index (χ0) is 14.5. The lowest BCUT2D eigenvalue weighted by molar-refractivity contribution is 0.0178. The summed E-state index contributed by atoms with van der Waals surface area (Å²) < 4.78 is 12.9. The van der Waals surface area contributed by atoms with Crippen molar-refractivity contribution in [3.05, 3.63) is 28.2 Å². The van der Waals surface area contributed by atoms with Gasteiger partial charge in [0.25, 0.3) is 0 Å². The summed E-state index contributed by atoms with van der Waals surface area (Å²) in [4.78, 5) is 0. The van der Waals surface area contributed by atoms with Crippen molar-refractivity contribution in [2.45, 2.75) is 51.9 Å². The molecular weight excluding hydrogens is 318 g/mol. The first-order chi connectivity index (χ1) is 9.54. The second kappa shape index (κ2) is 7.43. The van der Waals surface area contributed by atoms with Gasteiger partial charge in [-0.3, -0.25) is 0 Å². The number of benzene rings is 1. The SMILES string of the molecule is Cc1cc(OCC2CCC(CNC(C)C)O2)ccc1Br. The number of nitrogens with one attached hydrogen (secondary N) is 1. The highest BCUT2D eigenvalue weighted by atomic mass is 79.9. The molecule has 3 nitrogen and oxygen atoms in total. The van der Waals surface area contributed by atoms with Crippen LogP contribution in [0.25, 0.3) is 0 Å². The third-order valence-electron chi connectivity index (χ3n) is 3.51. The molecule has 0 spiro atoms. The summed E-state index contributed by atoms with van der Waals surface area (Å²) in [7, 11) is 0. The topological polar surface area (TPSA) is 30.5 Å². The highest BCUT2D eigenvalue weighted by molar-refractivity contribution is 9.10. The molecule has 1 fully saturated rings. The van der Waals surface area contributed by atoms with Gasteiger partial charge in [-0.25, -0.2) is 0 Å². The number of aryl methyl sites for hydroxylation is 1. The Morgan fingerprint density at radius 2 is 2.10 bits per heavy atom. The number of hydrogen-bond donors (Lipinski definition) is 1. The van der Waals surface area contributed by atoms with Crippen LogP contribution < -0.4 is 10.1 Å². The minimum Gasteiger partial charge on any atom is -0.491 e. The Balaban J connectivity index is 1.73. The molecule has 112 valence electrons. The average Bonchev–Trinajstić information content (AvgIpc) is 2.86. The van der Waals surface area contributed by atoms with E-state index in [2.05, 4.69) is 48.1 Å². The molecule has 2 rings (SSSR count). The maximum absolute atomic E-state index is 5.99. The van der Waals surface area contributed by atoms with E-state index in [0.29, 0.717) is 18.8 Å². The third-order valence-corrected chi connectivity index (χ3v) is 4.40. The molecule has 1 aliphatic rings. The van der Waals surface area contributed by atoms with E-state index in [4.69, 9.17) is 9.47 Å². The van der Waals surface area contributed by atoms with E-state index >= 15 is 0 Å². The lowest BCUT2D eigenvalue weighted by atomic mass is 10.2. The van der Waals surface area contributed by atoms with Crippen LogP contribution in [0.3, 0.4) is 0 Å². The molecule has 1 heterocycles. The van der Waals surface area contributed by atoms with Crippen molar-refractivity contribution in [3.8, 4) is 5.75 Å². The van der Waals surface area contributed by atoms with E-state index in [9.17, 15) is 0 Å². The summed E-state index contributed by atoms with van der Waals surface area (Å²) in [6.07, 6.45) is 2.75. The van der Waals surface area contributed by atoms with Crippen LogP contribution in [0.2, 0.25) is 0 Å². The van der Waals surface area contributed by atoms with Crippen LogP contribution in [-0.4, -0.2) is 31.4 Å². The van der Waals surface area contributed by atoms with Gasteiger partial charge in [0.15, 0.2) is 0 Å². The third kappa shape index (κ3) is 4.76. The van der Waals surface area contributed by atoms with Crippen LogP contribution in [0.1, 0.15) is 32.3 Å². The van der Waals surface area contributed by atoms with Crippen molar-refractivity contribution in [1.82, 2.24) is 5.32 Å². The van der Waals surface area contributed by atoms with E-state index in [-0.39, 0.29) is 6.10 Å². The summed E-state index contributed by atoms with van der Waals surface area (Å²) >= 11 is 3.50. The molecule has 0 saturated carbocycles. The molecule has 20 heavy (non-hydrogen) atoms. The summed E-state index contributed by atoms with van der Waals surface area (Å²) in [5.74, 6) is 0.915. The molecule has 0 aromatic heterocycles. The van der Waals surface area contributed by atoms with Crippen molar-refractivity contribution < 1.29 is 9.47 Å². The first kappa shape index (κ1) is 15.8. The quantitative estimate of drug-likeness (QED) is 0.855. The molecule has 0 amide bonds. The molecule has 1 aromatic rings. The fourth-order valence-corrected chi connectivity index (χ4v) is 2.56. The van der Waals surface area contributed by atoms with E-state index in [1.807, 2.05) is 12.1 Å². The molecule has 0 bridgehead atoms. The number of halogens is 1. The van der Waals surface area contributed by atoms with Gasteiger partial charge in [0, 0.05) is 17.1 Å². The van der Waals surface area contributed by atoms with E-state index in [0.717, 1.165) is 29.6 Å². The number of ether oxygens (including phenoxy) is 2. The van der Waals surface area contributed by atoms with Gasteiger partial charge in [0.2, 0.25) is 0 Å². The van der Waals surface area contributed by atoms with Crippen molar-refractivity contribution in [3.63, 3.8) is 0 Å². The van der Waals surface area contributed by atoms with Gasteiger partial charge in [0.05, 0.1) is 12.2 Å². The molecule has 0 aliphatic carbocycles. The van der Waals surface area contributed by atoms with Gasteiger partial charge in [-0.15, -0.1) is 0 Å². The van der Waals surface area contributed by atoms with E-state index < -0.39 is 0 Å². The average molecular weight is 342 g/mol. The first-order valence-electron chi connectivity index (χ1n) is 7.32.